The number of sulfone groups is 1. The molecule has 0 saturated carbocycles. The molecular formula is C16H19N3O4S. The molecule has 1 aliphatic heterocycles. The Bertz CT molecular complexity index is 965. The van der Waals surface area contributed by atoms with Gasteiger partial charge < -0.3 is 4.90 Å². The predicted molar refractivity (Wildman–Crippen MR) is 90.6 cm³/mol. The average Bonchev–Trinajstić information content (AvgIpc) is 2.90. The molecule has 0 spiro atoms. The highest BCUT2D eigenvalue weighted by Gasteiger charge is 2.32. The zero-order chi connectivity index (χ0) is 17.5. The summed E-state index contributed by atoms with van der Waals surface area (Å²) in [6.07, 6.45) is 0.439. The first-order valence-electron chi connectivity index (χ1n) is 7.71. The number of aromatic nitrogens is 2. The molecular weight excluding hydrogens is 330 g/mol. The molecule has 1 saturated heterocycles. The number of rotatable bonds is 3. The fourth-order valence-corrected chi connectivity index (χ4v) is 4.77. The van der Waals surface area contributed by atoms with Crippen molar-refractivity contribution >= 4 is 26.6 Å². The highest BCUT2D eigenvalue weighted by molar-refractivity contribution is 7.91. The van der Waals surface area contributed by atoms with Crippen LogP contribution in [0.2, 0.25) is 0 Å². The van der Waals surface area contributed by atoms with Crippen LogP contribution in [0.4, 0.5) is 0 Å². The zero-order valence-electron chi connectivity index (χ0n) is 13.6. The normalized spacial score (nSPS) is 19.5. The fraction of sp³-hybridized carbons (Fsp3) is 0.438. The van der Waals surface area contributed by atoms with Crippen LogP contribution in [0.15, 0.2) is 29.1 Å². The summed E-state index contributed by atoms with van der Waals surface area (Å²) >= 11 is 0. The van der Waals surface area contributed by atoms with Gasteiger partial charge in [0.2, 0.25) is 5.91 Å². The van der Waals surface area contributed by atoms with Crippen molar-refractivity contribution in [3.05, 3.63) is 40.4 Å². The van der Waals surface area contributed by atoms with E-state index in [1.54, 1.807) is 38.2 Å². The summed E-state index contributed by atoms with van der Waals surface area (Å²) < 4.78 is 24.5. The SMILES string of the molecule is Cc1nc2ccccc2c(=O)n1CC(=O)N(C)[C@@H]1CCS(=O)(=O)C1. The molecule has 0 unspecified atom stereocenters. The number of carbonyl (C=O) groups excluding carboxylic acids is 1. The number of likely N-dealkylation sites (N-methyl/N-ethyl adjacent to an activating group) is 1. The van der Waals surface area contributed by atoms with E-state index < -0.39 is 9.84 Å². The van der Waals surface area contributed by atoms with Gasteiger partial charge in [-0.15, -0.1) is 0 Å². The van der Waals surface area contributed by atoms with E-state index >= 15 is 0 Å². The molecule has 0 aliphatic carbocycles. The van der Waals surface area contributed by atoms with Gasteiger partial charge in [-0.3, -0.25) is 14.2 Å². The fourth-order valence-electron chi connectivity index (χ4n) is 3.00. The van der Waals surface area contributed by atoms with E-state index in [0.717, 1.165) is 0 Å². The Kier molecular flexibility index (Phi) is 4.16. The van der Waals surface area contributed by atoms with Crippen LogP contribution in [0, 0.1) is 6.92 Å². The Morgan fingerprint density at radius 2 is 2.08 bits per heavy atom. The molecule has 1 atom stereocenters. The summed E-state index contributed by atoms with van der Waals surface area (Å²) in [5, 5.41) is 0.460. The molecule has 2 aromatic rings. The molecule has 0 radical (unpaired) electrons. The number of fused-ring (bicyclic) bond motifs is 1. The molecule has 3 rings (SSSR count). The molecule has 0 N–H and O–H groups in total. The van der Waals surface area contributed by atoms with Gasteiger partial charge in [-0.1, -0.05) is 12.1 Å². The smallest absolute Gasteiger partial charge is 0.261 e. The van der Waals surface area contributed by atoms with Crippen LogP contribution in [0.1, 0.15) is 12.2 Å². The number of hydrogen-bond donors (Lipinski definition) is 0. The number of amides is 1. The van der Waals surface area contributed by atoms with Crippen molar-refractivity contribution in [2.45, 2.75) is 25.9 Å². The summed E-state index contributed by atoms with van der Waals surface area (Å²) in [5.74, 6) is 0.254. The molecule has 7 nitrogen and oxygen atoms in total. The quantitative estimate of drug-likeness (QED) is 0.798. The second-order valence-electron chi connectivity index (χ2n) is 6.13. The Labute approximate surface area is 139 Å². The molecule has 8 heteroatoms. The first kappa shape index (κ1) is 16.6. The minimum Gasteiger partial charge on any atom is -0.340 e. The van der Waals surface area contributed by atoms with Gasteiger partial charge in [0.15, 0.2) is 9.84 Å². The molecule has 24 heavy (non-hydrogen) atoms. The van der Waals surface area contributed by atoms with Crippen molar-refractivity contribution in [1.29, 1.82) is 0 Å². The lowest BCUT2D eigenvalue weighted by molar-refractivity contribution is -0.132. The first-order chi connectivity index (χ1) is 11.3. The van der Waals surface area contributed by atoms with Gasteiger partial charge in [0.1, 0.15) is 12.4 Å². The number of nitrogens with zero attached hydrogens (tertiary/aromatic N) is 3. The van der Waals surface area contributed by atoms with E-state index in [1.807, 2.05) is 0 Å². The molecule has 128 valence electrons. The Balaban J connectivity index is 1.87. The number of carbonyl (C=O) groups is 1. The molecule has 2 heterocycles. The molecule has 0 bridgehead atoms. The van der Waals surface area contributed by atoms with Gasteiger partial charge in [-0.25, -0.2) is 13.4 Å². The standard InChI is InChI=1S/C16H19N3O4S/c1-11-17-14-6-4-3-5-13(14)16(21)19(11)9-15(20)18(2)12-7-8-24(22,23)10-12/h3-6,12H,7-10H2,1-2H3/t12-/m1/s1. The molecule has 1 aliphatic rings. The summed E-state index contributed by atoms with van der Waals surface area (Å²) in [7, 11) is -1.48. The summed E-state index contributed by atoms with van der Waals surface area (Å²) in [6.45, 7) is 1.54. The van der Waals surface area contributed by atoms with E-state index in [0.29, 0.717) is 23.1 Å². The van der Waals surface area contributed by atoms with Crippen molar-refractivity contribution < 1.29 is 13.2 Å². The van der Waals surface area contributed by atoms with Crippen LogP contribution in [0.5, 0.6) is 0 Å². The lowest BCUT2D eigenvalue weighted by atomic mass is 10.2. The molecule has 1 fully saturated rings. The van der Waals surface area contributed by atoms with E-state index in [2.05, 4.69) is 4.98 Å². The second-order valence-corrected chi connectivity index (χ2v) is 8.36. The Hall–Kier alpha value is -2.22. The van der Waals surface area contributed by atoms with E-state index in [4.69, 9.17) is 0 Å². The number of benzene rings is 1. The number of para-hydroxylation sites is 1. The lowest BCUT2D eigenvalue weighted by Crippen LogP contribution is -2.41. The highest BCUT2D eigenvalue weighted by Crippen LogP contribution is 2.17. The maximum absolute atomic E-state index is 12.6. The van der Waals surface area contributed by atoms with Gasteiger partial charge >= 0.3 is 0 Å². The monoisotopic (exact) mass is 349 g/mol. The van der Waals surface area contributed by atoms with Gasteiger partial charge in [0.25, 0.3) is 5.56 Å². The third-order valence-corrected chi connectivity index (χ3v) is 6.25. The maximum atomic E-state index is 12.6. The third kappa shape index (κ3) is 3.06. The molecule has 1 aromatic heterocycles. The average molecular weight is 349 g/mol. The van der Waals surface area contributed by atoms with Crippen LogP contribution >= 0.6 is 0 Å². The second kappa shape index (κ2) is 6.01. The maximum Gasteiger partial charge on any atom is 0.261 e. The van der Waals surface area contributed by atoms with Crippen molar-refractivity contribution in [2.75, 3.05) is 18.6 Å². The van der Waals surface area contributed by atoms with Crippen molar-refractivity contribution in [3.63, 3.8) is 0 Å². The van der Waals surface area contributed by atoms with Crippen molar-refractivity contribution in [2.24, 2.45) is 0 Å². The first-order valence-corrected chi connectivity index (χ1v) is 9.53. The van der Waals surface area contributed by atoms with Crippen LogP contribution in [-0.4, -0.2) is 53.4 Å². The summed E-state index contributed by atoms with van der Waals surface area (Å²) in [6, 6.07) is 6.66. The zero-order valence-corrected chi connectivity index (χ0v) is 14.4. The van der Waals surface area contributed by atoms with Crippen LogP contribution in [0.25, 0.3) is 10.9 Å². The Morgan fingerprint density at radius 3 is 2.75 bits per heavy atom. The van der Waals surface area contributed by atoms with Crippen LogP contribution in [-0.2, 0) is 21.2 Å². The van der Waals surface area contributed by atoms with E-state index in [9.17, 15) is 18.0 Å². The minimum absolute atomic E-state index is 0.0148. The number of hydrogen-bond acceptors (Lipinski definition) is 5. The van der Waals surface area contributed by atoms with E-state index in [1.165, 1.54) is 9.47 Å². The van der Waals surface area contributed by atoms with Crippen LogP contribution < -0.4 is 5.56 Å². The van der Waals surface area contributed by atoms with Gasteiger partial charge in [0.05, 0.1) is 22.4 Å². The topological polar surface area (TPSA) is 89.3 Å². The highest BCUT2D eigenvalue weighted by atomic mass is 32.2. The lowest BCUT2D eigenvalue weighted by Gasteiger charge is -2.24. The third-order valence-electron chi connectivity index (χ3n) is 4.50. The summed E-state index contributed by atoms with van der Waals surface area (Å²) in [4.78, 5) is 30.9. The minimum atomic E-state index is -3.07. The largest absolute Gasteiger partial charge is 0.340 e. The molecule has 1 amide bonds. The van der Waals surface area contributed by atoms with Gasteiger partial charge in [0, 0.05) is 13.1 Å². The van der Waals surface area contributed by atoms with Crippen molar-refractivity contribution in [1.82, 2.24) is 14.5 Å². The van der Waals surface area contributed by atoms with Gasteiger partial charge in [-0.05, 0) is 25.5 Å². The predicted octanol–water partition coefficient (Wildman–Crippen LogP) is 0.350. The Morgan fingerprint density at radius 1 is 1.38 bits per heavy atom. The summed E-state index contributed by atoms with van der Waals surface area (Å²) in [5.41, 5.74) is 0.331. The van der Waals surface area contributed by atoms with E-state index in [-0.39, 0.29) is 35.6 Å². The molecule has 1 aromatic carbocycles. The van der Waals surface area contributed by atoms with Gasteiger partial charge in [-0.2, -0.15) is 0 Å². The van der Waals surface area contributed by atoms with Crippen molar-refractivity contribution in [3.8, 4) is 0 Å². The van der Waals surface area contributed by atoms with Crippen LogP contribution in [0.3, 0.4) is 0 Å². The number of aryl methyl sites for hydroxylation is 1.